The van der Waals surface area contributed by atoms with Crippen LogP contribution in [0.25, 0.3) is 0 Å². The van der Waals surface area contributed by atoms with Crippen LogP contribution in [-0.2, 0) is 14.8 Å². The summed E-state index contributed by atoms with van der Waals surface area (Å²) in [4.78, 5) is 11.7. The normalized spacial score (nSPS) is 19.3. The topological polar surface area (TPSA) is 92.5 Å². The molecule has 0 unspecified atom stereocenters. The first-order valence-electron chi connectivity index (χ1n) is 6.14. The van der Waals surface area contributed by atoms with E-state index in [-0.39, 0.29) is 28.1 Å². The van der Waals surface area contributed by atoms with E-state index in [0.717, 1.165) is 16.4 Å². The quantitative estimate of drug-likeness (QED) is 0.751. The number of sulfonamides is 1. The van der Waals surface area contributed by atoms with Crippen molar-refractivity contribution in [2.24, 2.45) is 0 Å². The van der Waals surface area contributed by atoms with Crippen molar-refractivity contribution in [1.29, 1.82) is 0 Å². The molecule has 1 saturated heterocycles. The van der Waals surface area contributed by atoms with Gasteiger partial charge in [-0.05, 0) is 41.9 Å². The van der Waals surface area contributed by atoms with Crippen LogP contribution < -0.4 is 11.1 Å². The van der Waals surface area contributed by atoms with E-state index in [1.807, 2.05) is 0 Å². The molecule has 0 bridgehead atoms. The van der Waals surface area contributed by atoms with Crippen molar-refractivity contribution in [3.05, 3.63) is 22.4 Å². The van der Waals surface area contributed by atoms with E-state index in [4.69, 9.17) is 5.73 Å². The van der Waals surface area contributed by atoms with Crippen LogP contribution in [-0.4, -0.2) is 37.3 Å². The molecule has 1 amide bonds. The number of carbonyl (C=O) groups excluding carboxylic acids is 1. The van der Waals surface area contributed by atoms with Crippen LogP contribution in [0, 0.1) is 5.82 Å². The predicted octanol–water partition coefficient (Wildman–Crippen LogP) is 1.07. The number of amides is 1. The number of hydrogen-bond donors (Lipinski definition) is 2. The van der Waals surface area contributed by atoms with Crippen molar-refractivity contribution < 1.29 is 17.6 Å². The molecule has 1 aromatic rings. The molecule has 0 atom stereocenters. The SMILES string of the molecule is CC1(C)C(=O)NCCN1S(=O)(=O)c1cc(Br)c(F)cc1N. The van der Waals surface area contributed by atoms with Crippen molar-refractivity contribution in [2.75, 3.05) is 18.8 Å². The summed E-state index contributed by atoms with van der Waals surface area (Å²) in [5, 5.41) is 2.62. The molecular weight excluding hydrogens is 365 g/mol. The van der Waals surface area contributed by atoms with E-state index < -0.39 is 27.3 Å². The van der Waals surface area contributed by atoms with Crippen LogP contribution >= 0.6 is 15.9 Å². The van der Waals surface area contributed by atoms with Gasteiger partial charge < -0.3 is 11.1 Å². The molecule has 21 heavy (non-hydrogen) atoms. The Labute approximate surface area is 130 Å². The van der Waals surface area contributed by atoms with Crippen LogP contribution in [0.15, 0.2) is 21.5 Å². The van der Waals surface area contributed by atoms with Gasteiger partial charge in [0.1, 0.15) is 16.3 Å². The predicted molar refractivity (Wildman–Crippen MR) is 79.5 cm³/mol. The molecule has 1 aromatic carbocycles. The van der Waals surface area contributed by atoms with Gasteiger partial charge in [0.25, 0.3) is 0 Å². The number of hydrogen-bond acceptors (Lipinski definition) is 4. The summed E-state index contributed by atoms with van der Waals surface area (Å²) in [6, 6.07) is 2.05. The average molecular weight is 380 g/mol. The molecule has 2 rings (SSSR count). The number of halogens is 2. The molecule has 1 aliphatic heterocycles. The number of benzene rings is 1. The molecule has 0 saturated carbocycles. The number of carbonyl (C=O) groups is 1. The molecule has 6 nitrogen and oxygen atoms in total. The monoisotopic (exact) mass is 379 g/mol. The van der Waals surface area contributed by atoms with Crippen LogP contribution in [0.4, 0.5) is 10.1 Å². The summed E-state index contributed by atoms with van der Waals surface area (Å²) in [5.74, 6) is -1.04. The molecule has 3 N–H and O–H groups in total. The van der Waals surface area contributed by atoms with Gasteiger partial charge in [-0.2, -0.15) is 4.31 Å². The van der Waals surface area contributed by atoms with Gasteiger partial charge >= 0.3 is 0 Å². The van der Waals surface area contributed by atoms with Gasteiger partial charge in [-0.3, -0.25) is 4.79 Å². The number of nitrogen functional groups attached to an aromatic ring is 1. The zero-order valence-electron chi connectivity index (χ0n) is 11.5. The standard InChI is InChI=1S/C12H15BrFN3O3S/c1-12(2)11(18)16-3-4-17(12)21(19,20)10-5-7(13)8(14)6-9(10)15/h5-6H,3-4,15H2,1-2H3,(H,16,18). The van der Waals surface area contributed by atoms with Gasteiger partial charge in [0.2, 0.25) is 15.9 Å². The van der Waals surface area contributed by atoms with Gasteiger partial charge in [-0.15, -0.1) is 0 Å². The number of piperazine rings is 1. The Morgan fingerprint density at radius 2 is 2.05 bits per heavy atom. The van der Waals surface area contributed by atoms with Crippen LogP contribution in [0.1, 0.15) is 13.8 Å². The smallest absolute Gasteiger partial charge is 0.246 e. The second kappa shape index (κ2) is 5.22. The highest BCUT2D eigenvalue weighted by molar-refractivity contribution is 9.10. The van der Waals surface area contributed by atoms with Crippen LogP contribution in [0.3, 0.4) is 0 Å². The highest BCUT2D eigenvalue weighted by Crippen LogP contribution is 2.32. The molecule has 116 valence electrons. The van der Waals surface area contributed by atoms with E-state index in [2.05, 4.69) is 21.2 Å². The maximum Gasteiger partial charge on any atom is 0.246 e. The summed E-state index contributed by atoms with van der Waals surface area (Å²) in [7, 11) is -4.02. The van der Waals surface area contributed by atoms with Crippen LogP contribution in [0.5, 0.6) is 0 Å². The largest absolute Gasteiger partial charge is 0.398 e. The summed E-state index contributed by atoms with van der Waals surface area (Å²) < 4.78 is 40.0. The average Bonchev–Trinajstić information content (AvgIpc) is 2.36. The minimum atomic E-state index is -4.02. The van der Waals surface area contributed by atoms with Crippen molar-refractivity contribution in [1.82, 2.24) is 9.62 Å². The molecule has 0 aliphatic carbocycles. The van der Waals surface area contributed by atoms with Crippen LogP contribution in [0.2, 0.25) is 0 Å². The molecule has 0 aromatic heterocycles. The Hall–Kier alpha value is -1.19. The number of nitrogens with zero attached hydrogens (tertiary/aromatic N) is 1. The molecule has 0 spiro atoms. The van der Waals surface area contributed by atoms with Crippen molar-refractivity contribution in [2.45, 2.75) is 24.3 Å². The third-order valence-corrected chi connectivity index (χ3v) is 6.14. The van der Waals surface area contributed by atoms with E-state index in [9.17, 15) is 17.6 Å². The fraction of sp³-hybridized carbons (Fsp3) is 0.417. The highest BCUT2D eigenvalue weighted by atomic mass is 79.9. The molecule has 0 radical (unpaired) electrons. The van der Waals surface area contributed by atoms with Gasteiger partial charge in [0, 0.05) is 13.1 Å². The van der Waals surface area contributed by atoms with Gasteiger partial charge in [0.05, 0.1) is 10.2 Å². The summed E-state index contributed by atoms with van der Waals surface area (Å²) in [6.07, 6.45) is 0. The van der Waals surface area contributed by atoms with Crippen molar-refractivity contribution in [3.63, 3.8) is 0 Å². The number of nitrogens with one attached hydrogen (secondary N) is 1. The Morgan fingerprint density at radius 3 is 2.67 bits per heavy atom. The lowest BCUT2D eigenvalue weighted by Crippen LogP contribution is -2.63. The molecule has 9 heteroatoms. The van der Waals surface area contributed by atoms with Gasteiger partial charge in [-0.25, -0.2) is 12.8 Å². The lowest BCUT2D eigenvalue weighted by Gasteiger charge is -2.40. The number of rotatable bonds is 2. The summed E-state index contributed by atoms with van der Waals surface area (Å²) >= 11 is 2.94. The Kier molecular flexibility index (Phi) is 4.02. The number of nitrogens with two attached hydrogens (primary N) is 1. The highest BCUT2D eigenvalue weighted by Gasteiger charge is 2.45. The van der Waals surface area contributed by atoms with E-state index in [0.29, 0.717) is 0 Å². The minimum Gasteiger partial charge on any atom is -0.398 e. The Balaban J connectivity index is 2.57. The van der Waals surface area contributed by atoms with E-state index in [1.165, 1.54) is 13.8 Å². The van der Waals surface area contributed by atoms with Crippen molar-refractivity contribution >= 4 is 37.5 Å². The first-order valence-corrected chi connectivity index (χ1v) is 8.37. The summed E-state index contributed by atoms with van der Waals surface area (Å²) in [6.45, 7) is 3.35. The second-order valence-corrected chi connectivity index (χ2v) is 7.88. The summed E-state index contributed by atoms with van der Waals surface area (Å²) in [5.41, 5.74) is 4.20. The third-order valence-electron chi connectivity index (χ3n) is 3.40. The van der Waals surface area contributed by atoms with Gasteiger partial charge in [0.15, 0.2) is 0 Å². The molecular formula is C12H15BrFN3O3S. The van der Waals surface area contributed by atoms with E-state index in [1.54, 1.807) is 0 Å². The first-order chi connectivity index (χ1) is 9.58. The minimum absolute atomic E-state index is 0.00505. The second-order valence-electron chi connectivity index (χ2n) is 5.20. The van der Waals surface area contributed by atoms with Gasteiger partial charge in [-0.1, -0.05) is 0 Å². The molecule has 1 heterocycles. The zero-order chi connectivity index (χ0) is 16.0. The first kappa shape index (κ1) is 16.2. The Morgan fingerprint density at radius 1 is 1.43 bits per heavy atom. The fourth-order valence-electron chi connectivity index (χ4n) is 2.19. The molecule has 1 fully saturated rings. The lowest BCUT2D eigenvalue weighted by atomic mass is 10.0. The number of anilines is 1. The van der Waals surface area contributed by atoms with Crippen molar-refractivity contribution in [3.8, 4) is 0 Å². The zero-order valence-corrected chi connectivity index (χ0v) is 13.9. The third kappa shape index (κ3) is 2.65. The van der Waals surface area contributed by atoms with E-state index >= 15 is 0 Å². The lowest BCUT2D eigenvalue weighted by molar-refractivity contribution is -0.131. The molecule has 1 aliphatic rings. The maximum atomic E-state index is 13.4. The Bertz CT molecular complexity index is 706. The fourth-order valence-corrected chi connectivity index (χ4v) is 4.56. The maximum absolute atomic E-state index is 13.4.